The van der Waals surface area contributed by atoms with Crippen LogP contribution in [0, 0.1) is 0 Å². The second kappa shape index (κ2) is 15.3. The number of aromatic nitrogens is 8. The molecule has 3 aromatic carbocycles. The van der Waals surface area contributed by atoms with Gasteiger partial charge in [0.15, 0.2) is 11.5 Å². The highest BCUT2D eigenvalue weighted by molar-refractivity contribution is 5.84. The van der Waals surface area contributed by atoms with Crippen LogP contribution >= 0.6 is 0 Å². The molecule has 12 heteroatoms. The van der Waals surface area contributed by atoms with Gasteiger partial charge in [-0.2, -0.15) is 19.6 Å². The van der Waals surface area contributed by atoms with Gasteiger partial charge in [0.05, 0.1) is 33.9 Å². The van der Waals surface area contributed by atoms with Crippen LogP contribution in [0.3, 0.4) is 0 Å². The van der Waals surface area contributed by atoms with Crippen molar-refractivity contribution in [1.29, 1.82) is 0 Å². The van der Waals surface area contributed by atoms with Crippen molar-refractivity contribution in [2.75, 3.05) is 6.79 Å². The Hall–Kier alpha value is -8.12. The molecule has 9 aromatic rings. The van der Waals surface area contributed by atoms with Gasteiger partial charge in [0.2, 0.25) is 6.79 Å². The molecule has 0 radical (unpaired) electrons. The molecule has 7 heterocycles. The van der Waals surface area contributed by atoms with Gasteiger partial charge in [0.25, 0.3) is 11.1 Å². The van der Waals surface area contributed by atoms with Gasteiger partial charge < -0.3 is 9.47 Å². The van der Waals surface area contributed by atoms with Crippen molar-refractivity contribution < 1.29 is 9.47 Å². The van der Waals surface area contributed by atoms with Crippen LogP contribution in [0.25, 0.3) is 67.2 Å². The van der Waals surface area contributed by atoms with E-state index in [1.807, 2.05) is 97.1 Å². The van der Waals surface area contributed by atoms with Gasteiger partial charge in [-0.1, -0.05) is 54.6 Å². The molecule has 0 aliphatic carbocycles. The maximum Gasteiger partial charge on any atom is 0.279 e. The van der Waals surface area contributed by atoms with Gasteiger partial charge in [-0.15, -0.1) is 0 Å². The predicted molar refractivity (Wildman–Crippen MR) is 216 cm³/mol. The first-order valence-electron chi connectivity index (χ1n) is 17.9. The highest BCUT2D eigenvalue weighted by Crippen LogP contribution is 2.33. The van der Waals surface area contributed by atoms with E-state index < -0.39 is 0 Å². The van der Waals surface area contributed by atoms with Crippen LogP contribution in [-0.2, 0) is 0 Å². The first-order chi connectivity index (χ1) is 28.1. The zero-order chi connectivity index (χ0) is 38.6. The van der Waals surface area contributed by atoms with Gasteiger partial charge in [0, 0.05) is 54.4 Å². The van der Waals surface area contributed by atoms with Crippen molar-refractivity contribution in [2.45, 2.75) is 0 Å². The molecular weight excluding hydrogens is 717 g/mol. The van der Waals surface area contributed by atoms with Gasteiger partial charge in [0.1, 0.15) is 11.4 Å². The molecule has 0 amide bonds. The number of pyridine rings is 4. The number of ether oxygens (including phenoxy) is 2. The molecule has 10 rings (SSSR count). The molecule has 57 heavy (non-hydrogen) atoms. The van der Waals surface area contributed by atoms with E-state index in [1.165, 1.54) is 9.36 Å². The molecule has 1 aliphatic rings. The zero-order valence-electron chi connectivity index (χ0n) is 30.1. The summed E-state index contributed by atoms with van der Waals surface area (Å²) in [6, 6.07) is 41.2. The molecule has 0 spiro atoms. The largest absolute Gasteiger partial charge is 0.454 e. The van der Waals surface area contributed by atoms with Crippen molar-refractivity contribution in [3.63, 3.8) is 0 Å². The quantitative estimate of drug-likeness (QED) is 0.167. The van der Waals surface area contributed by atoms with E-state index in [1.54, 1.807) is 73.6 Å². The summed E-state index contributed by atoms with van der Waals surface area (Å²) in [5.41, 5.74) is 5.87. The first kappa shape index (κ1) is 34.6. The molecular formula is C45H30N8O4. The van der Waals surface area contributed by atoms with E-state index in [0.717, 1.165) is 16.3 Å². The van der Waals surface area contributed by atoms with Gasteiger partial charge in [-0.25, -0.2) is 0 Å². The van der Waals surface area contributed by atoms with Crippen LogP contribution in [-0.4, -0.2) is 46.3 Å². The minimum Gasteiger partial charge on any atom is -0.454 e. The molecule has 0 saturated heterocycles. The molecule has 0 unspecified atom stereocenters. The molecule has 0 fully saturated rings. The summed E-state index contributed by atoms with van der Waals surface area (Å²) in [6.45, 7) is 0.163. The van der Waals surface area contributed by atoms with Crippen LogP contribution < -0.4 is 20.6 Å². The smallest absolute Gasteiger partial charge is 0.279 e. The first-order valence-corrected chi connectivity index (χ1v) is 17.9. The Bertz CT molecular complexity index is 2980. The van der Waals surface area contributed by atoms with Crippen LogP contribution in [0.5, 0.6) is 11.5 Å². The fraction of sp³-hybridized carbons (Fsp3) is 0.0222. The van der Waals surface area contributed by atoms with E-state index in [9.17, 15) is 9.59 Å². The minimum absolute atomic E-state index is 0.163. The summed E-state index contributed by atoms with van der Waals surface area (Å²) in [5, 5.41) is 11.3. The number of fused-ring (bicyclic) bond motifs is 2. The molecule has 1 aliphatic heterocycles. The fourth-order valence-corrected chi connectivity index (χ4v) is 6.40. The minimum atomic E-state index is -0.258. The van der Waals surface area contributed by atoms with E-state index in [2.05, 4.69) is 30.1 Å². The maximum absolute atomic E-state index is 13.3. The second-order valence-corrected chi connectivity index (χ2v) is 12.8. The third kappa shape index (κ3) is 7.13. The number of rotatable bonds is 6. The van der Waals surface area contributed by atoms with Crippen LogP contribution in [0.1, 0.15) is 0 Å². The zero-order valence-corrected chi connectivity index (χ0v) is 30.1. The van der Waals surface area contributed by atoms with Crippen molar-refractivity contribution in [3.05, 3.63) is 191 Å². The summed E-state index contributed by atoms with van der Waals surface area (Å²) in [4.78, 5) is 43.6. The lowest BCUT2D eigenvalue weighted by Crippen LogP contribution is -2.23. The molecule has 0 atom stereocenters. The summed E-state index contributed by atoms with van der Waals surface area (Å²) in [6.07, 6.45) is 10.1. The topological polar surface area (TPSA) is 140 Å². The highest BCUT2D eigenvalue weighted by atomic mass is 16.7. The summed E-state index contributed by atoms with van der Waals surface area (Å²) in [5.74, 6) is 1.22. The standard InChI is InChI=1S/C24H16N4O.C21H14N4O3/c29-24-21(19-8-5-12-25-16-19)15-23(22-9-3-4-13-26-22)27-28(24)20-11-10-17-6-1-2-7-18(17)14-20;26-21-16(14-4-3-8-22-12-14)11-18(17-5-1-2-9-23-17)24-25(21)15-6-7-19-20(10-15)28-13-27-19/h1-16H;1-12H,13H2. The van der Waals surface area contributed by atoms with Crippen molar-refractivity contribution in [2.24, 2.45) is 0 Å². The SMILES string of the molecule is O=c1c(-c2cccnc2)cc(-c2ccccn2)nn1-c1ccc2c(c1)OCO2.O=c1c(-c2cccnc2)cc(-c2ccccn2)nn1-c1ccc2ccccc2c1. The van der Waals surface area contributed by atoms with E-state index in [0.29, 0.717) is 62.3 Å². The lowest BCUT2D eigenvalue weighted by atomic mass is 10.1. The molecule has 0 saturated carbocycles. The van der Waals surface area contributed by atoms with Crippen LogP contribution in [0.2, 0.25) is 0 Å². The van der Waals surface area contributed by atoms with Gasteiger partial charge >= 0.3 is 0 Å². The predicted octanol–water partition coefficient (Wildman–Crippen LogP) is 7.59. The number of hydrogen-bond donors (Lipinski definition) is 0. The Morgan fingerprint density at radius 1 is 0.456 bits per heavy atom. The average molecular weight is 747 g/mol. The van der Waals surface area contributed by atoms with E-state index in [4.69, 9.17) is 9.47 Å². The van der Waals surface area contributed by atoms with E-state index in [-0.39, 0.29) is 17.9 Å². The summed E-state index contributed by atoms with van der Waals surface area (Å²) in [7, 11) is 0. The second-order valence-electron chi connectivity index (χ2n) is 12.8. The van der Waals surface area contributed by atoms with Gasteiger partial charge in [-0.3, -0.25) is 29.5 Å². The molecule has 12 nitrogen and oxygen atoms in total. The number of hydrogen-bond acceptors (Lipinski definition) is 10. The highest BCUT2D eigenvalue weighted by Gasteiger charge is 2.19. The Labute approximate surface area is 325 Å². The van der Waals surface area contributed by atoms with E-state index >= 15 is 0 Å². The Balaban J connectivity index is 0.000000148. The Morgan fingerprint density at radius 3 is 1.56 bits per heavy atom. The monoisotopic (exact) mass is 746 g/mol. The van der Waals surface area contributed by atoms with Gasteiger partial charge in [-0.05, 0) is 83.6 Å². The van der Waals surface area contributed by atoms with Crippen LogP contribution in [0.4, 0.5) is 0 Å². The summed E-state index contributed by atoms with van der Waals surface area (Å²) < 4.78 is 13.6. The summed E-state index contributed by atoms with van der Waals surface area (Å²) >= 11 is 0. The molecule has 274 valence electrons. The lowest BCUT2D eigenvalue weighted by Gasteiger charge is -2.11. The molecule has 0 bridgehead atoms. The van der Waals surface area contributed by atoms with Crippen molar-refractivity contribution >= 4 is 10.8 Å². The lowest BCUT2D eigenvalue weighted by molar-refractivity contribution is 0.174. The van der Waals surface area contributed by atoms with Crippen molar-refractivity contribution in [1.82, 2.24) is 39.5 Å². The normalized spacial score (nSPS) is 11.5. The Morgan fingerprint density at radius 2 is 1.00 bits per heavy atom. The van der Waals surface area contributed by atoms with Crippen molar-refractivity contribution in [3.8, 4) is 67.9 Å². The maximum atomic E-state index is 13.3. The average Bonchev–Trinajstić information content (AvgIpc) is 3.76. The number of benzene rings is 3. The third-order valence-electron chi connectivity index (χ3n) is 9.20. The molecule has 6 aromatic heterocycles. The third-order valence-corrected chi connectivity index (χ3v) is 9.20. The molecule has 0 N–H and O–H groups in total. The fourth-order valence-electron chi connectivity index (χ4n) is 6.40. The van der Waals surface area contributed by atoms with Crippen LogP contribution in [0.15, 0.2) is 180 Å². The number of nitrogens with zero attached hydrogens (tertiary/aromatic N) is 8. The Kier molecular flexibility index (Phi) is 9.31.